The second-order valence-electron chi connectivity index (χ2n) is 10.7. The van der Waals surface area contributed by atoms with Gasteiger partial charge in [0.25, 0.3) is 0 Å². The molecule has 8 heteroatoms. The Morgan fingerprint density at radius 1 is 1.21 bits per heavy atom. The highest BCUT2D eigenvalue weighted by molar-refractivity contribution is 5.86. The highest BCUT2D eigenvalue weighted by atomic mass is 16.6. The van der Waals surface area contributed by atoms with Crippen LogP contribution in [0.2, 0.25) is 0 Å². The Balaban J connectivity index is 1.54. The van der Waals surface area contributed by atoms with Gasteiger partial charge in [0, 0.05) is 57.1 Å². The minimum absolute atomic E-state index is 0.000766. The molecule has 0 spiro atoms. The summed E-state index contributed by atoms with van der Waals surface area (Å²) in [5, 5.41) is 3.29. The summed E-state index contributed by atoms with van der Waals surface area (Å²) in [5.41, 5.74) is 0.567. The van der Waals surface area contributed by atoms with Gasteiger partial charge in [-0.05, 0) is 45.6 Å². The standard InChI is InChI=1S/C26H37N5O3/c1-25(2,3)34-24(33)31-15-12-27-17-22(31)23(32)30-13-7-10-26(19-30,18-29-14-11-28-20-29)16-21-8-5-4-6-9-21/h4-6,8-9,11,14,20,22,27H,7,10,12-13,15-19H2,1-3H3/t22-,26?/m1/s1. The van der Waals surface area contributed by atoms with Crippen molar-refractivity contribution in [3.05, 3.63) is 54.6 Å². The lowest BCUT2D eigenvalue weighted by molar-refractivity contribution is -0.141. The fraction of sp³-hybridized carbons (Fsp3) is 0.577. The summed E-state index contributed by atoms with van der Waals surface area (Å²) in [6, 6.07) is 9.93. The van der Waals surface area contributed by atoms with Gasteiger partial charge in [-0.15, -0.1) is 0 Å². The number of carbonyl (C=O) groups is 2. The van der Waals surface area contributed by atoms with E-state index in [1.54, 1.807) is 11.1 Å². The molecular formula is C26H37N5O3. The summed E-state index contributed by atoms with van der Waals surface area (Å²) < 4.78 is 7.73. The lowest BCUT2D eigenvalue weighted by Gasteiger charge is -2.46. The zero-order valence-electron chi connectivity index (χ0n) is 20.6. The number of carbonyl (C=O) groups excluding carboxylic acids is 2. The summed E-state index contributed by atoms with van der Waals surface area (Å²) in [7, 11) is 0. The molecule has 34 heavy (non-hydrogen) atoms. The maximum Gasteiger partial charge on any atom is 0.411 e. The third-order valence-electron chi connectivity index (χ3n) is 6.63. The minimum atomic E-state index is -0.601. The van der Waals surface area contributed by atoms with Crippen LogP contribution in [0.15, 0.2) is 49.1 Å². The third-order valence-corrected chi connectivity index (χ3v) is 6.63. The molecule has 2 aliphatic heterocycles. The van der Waals surface area contributed by atoms with E-state index in [9.17, 15) is 9.59 Å². The number of amides is 2. The highest BCUT2D eigenvalue weighted by Crippen LogP contribution is 2.36. The lowest BCUT2D eigenvalue weighted by atomic mass is 9.74. The molecule has 1 aromatic carbocycles. The van der Waals surface area contributed by atoms with E-state index in [2.05, 4.69) is 39.1 Å². The molecule has 2 fully saturated rings. The fourth-order valence-electron chi connectivity index (χ4n) is 5.20. The molecule has 184 valence electrons. The molecule has 2 aliphatic rings. The van der Waals surface area contributed by atoms with Crippen LogP contribution >= 0.6 is 0 Å². The number of hydrogen-bond donors (Lipinski definition) is 1. The SMILES string of the molecule is CC(C)(C)OC(=O)N1CCNC[C@@H]1C(=O)N1CCCC(Cc2ccccc2)(Cn2ccnc2)C1. The van der Waals surface area contributed by atoms with Gasteiger partial charge in [0.15, 0.2) is 0 Å². The van der Waals surface area contributed by atoms with Crippen molar-refractivity contribution in [2.75, 3.05) is 32.7 Å². The van der Waals surface area contributed by atoms with Crippen molar-refractivity contribution < 1.29 is 14.3 Å². The first-order chi connectivity index (χ1) is 16.2. The van der Waals surface area contributed by atoms with Crippen molar-refractivity contribution in [2.24, 2.45) is 5.41 Å². The number of rotatable bonds is 5. The van der Waals surface area contributed by atoms with E-state index in [-0.39, 0.29) is 11.3 Å². The second-order valence-corrected chi connectivity index (χ2v) is 10.7. The van der Waals surface area contributed by atoms with E-state index in [4.69, 9.17) is 4.74 Å². The summed E-state index contributed by atoms with van der Waals surface area (Å²) in [5.74, 6) is 0.000766. The van der Waals surface area contributed by atoms with Gasteiger partial charge in [0.2, 0.25) is 5.91 Å². The quantitative estimate of drug-likeness (QED) is 0.731. The molecule has 1 unspecified atom stereocenters. The fourth-order valence-corrected chi connectivity index (χ4v) is 5.20. The number of aromatic nitrogens is 2. The van der Waals surface area contributed by atoms with Gasteiger partial charge in [-0.2, -0.15) is 0 Å². The van der Waals surface area contributed by atoms with Gasteiger partial charge >= 0.3 is 6.09 Å². The van der Waals surface area contributed by atoms with Crippen LogP contribution < -0.4 is 5.32 Å². The Morgan fingerprint density at radius 2 is 2.00 bits per heavy atom. The molecule has 2 aromatic rings. The number of ether oxygens (including phenoxy) is 1. The molecule has 4 rings (SSSR count). The van der Waals surface area contributed by atoms with E-state index < -0.39 is 17.7 Å². The molecule has 2 amide bonds. The summed E-state index contributed by atoms with van der Waals surface area (Å²) in [4.78, 5) is 34.5. The molecule has 3 heterocycles. The van der Waals surface area contributed by atoms with Crippen LogP contribution in [0, 0.1) is 5.41 Å². The van der Waals surface area contributed by atoms with Gasteiger partial charge in [-0.25, -0.2) is 9.78 Å². The molecule has 0 bridgehead atoms. The summed E-state index contributed by atoms with van der Waals surface area (Å²) >= 11 is 0. The monoisotopic (exact) mass is 467 g/mol. The van der Waals surface area contributed by atoms with Crippen molar-refractivity contribution in [1.29, 1.82) is 0 Å². The van der Waals surface area contributed by atoms with Crippen LogP contribution in [0.25, 0.3) is 0 Å². The average Bonchev–Trinajstić information content (AvgIpc) is 3.31. The number of nitrogens with zero attached hydrogens (tertiary/aromatic N) is 4. The van der Waals surface area contributed by atoms with Crippen LogP contribution in [-0.4, -0.2) is 75.7 Å². The minimum Gasteiger partial charge on any atom is -0.444 e. The van der Waals surface area contributed by atoms with E-state index in [1.807, 2.05) is 44.3 Å². The smallest absolute Gasteiger partial charge is 0.411 e. The lowest BCUT2D eigenvalue weighted by Crippen LogP contribution is -2.62. The zero-order valence-corrected chi connectivity index (χ0v) is 20.6. The number of piperidine rings is 1. The van der Waals surface area contributed by atoms with Crippen molar-refractivity contribution in [1.82, 2.24) is 24.7 Å². The predicted molar refractivity (Wildman–Crippen MR) is 130 cm³/mol. The second kappa shape index (κ2) is 10.2. The Morgan fingerprint density at radius 3 is 2.71 bits per heavy atom. The van der Waals surface area contributed by atoms with E-state index in [1.165, 1.54) is 5.56 Å². The van der Waals surface area contributed by atoms with Crippen molar-refractivity contribution >= 4 is 12.0 Å². The molecular weight excluding hydrogens is 430 g/mol. The summed E-state index contributed by atoms with van der Waals surface area (Å²) in [6.45, 7) is 9.26. The van der Waals surface area contributed by atoms with Crippen molar-refractivity contribution in [3.8, 4) is 0 Å². The van der Waals surface area contributed by atoms with Crippen molar-refractivity contribution in [2.45, 2.75) is 58.2 Å². The topological polar surface area (TPSA) is 79.7 Å². The van der Waals surface area contributed by atoms with Gasteiger partial charge in [0.1, 0.15) is 11.6 Å². The van der Waals surface area contributed by atoms with Gasteiger partial charge < -0.3 is 19.5 Å². The van der Waals surface area contributed by atoms with Gasteiger partial charge in [-0.1, -0.05) is 30.3 Å². The van der Waals surface area contributed by atoms with Crippen molar-refractivity contribution in [3.63, 3.8) is 0 Å². The van der Waals surface area contributed by atoms with Crippen LogP contribution in [0.1, 0.15) is 39.2 Å². The van der Waals surface area contributed by atoms with Crippen LogP contribution in [-0.2, 0) is 22.5 Å². The maximum atomic E-state index is 13.8. The maximum absolute atomic E-state index is 13.8. The number of imidazole rings is 1. The molecule has 0 radical (unpaired) electrons. The molecule has 1 N–H and O–H groups in total. The first-order valence-corrected chi connectivity index (χ1v) is 12.2. The van der Waals surface area contributed by atoms with E-state index in [0.29, 0.717) is 32.7 Å². The number of nitrogens with one attached hydrogen (secondary N) is 1. The Labute approximate surface area is 202 Å². The third kappa shape index (κ3) is 5.97. The van der Waals surface area contributed by atoms with Gasteiger partial charge in [-0.3, -0.25) is 9.69 Å². The number of piperazine rings is 1. The average molecular weight is 468 g/mol. The first kappa shape index (κ1) is 24.3. The summed E-state index contributed by atoms with van der Waals surface area (Å²) in [6.07, 6.45) is 8.06. The predicted octanol–water partition coefficient (Wildman–Crippen LogP) is 2.94. The molecule has 0 saturated carbocycles. The van der Waals surface area contributed by atoms with Gasteiger partial charge in [0.05, 0.1) is 6.33 Å². The first-order valence-electron chi connectivity index (χ1n) is 12.2. The van der Waals surface area contributed by atoms with Crippen LogP contribution in [0.3, 0.4) is 0 Å². The number of likely N-dealkylation sites (tertiary alicyclic amines) is 1. The molecule has 2 saturated heterocycles. The number of benzene rings is 1. The van der Waals surface area contributed by atoms with E-state index in [0.717, 1.165) is 25.8 Å². The van der Waals surface area contributed by atoms with E-state index >= 15 is 0 Å². The normalized spacial score (nSPS) is 23.6. The Kier molecular flexibility index (Phi) is 7.26. The molecule has 8 nitrogen and oxygen atoms in total. The molecule has 2 atom stereocenters. The zero-order chi connectivity index (χ0) is 24.2. The van der Waals surface area contributed by atoms with Crippen LogP contribution in [0.5, 0.6) is 0 Å². The highest BCUT2D eigenvalue weighted by Gasteiger charge is 2.42. The largest absolute Gasteiger partial charge is 0.444 e. The molecule has 1 aromatic heterocycles. The Hall–Kier alpha value is -2.87. The Bertz CT molecular complexity index is 957. The molecule has 0 aliphatic carbocycles. The number of hydrogen-bond acceptors (Lipinski definition) is 5. The van der Waals surface area contributed by atoms with Crippen LogP contribution in [0.4, 0.5) is 4.79 Å².